The monoisotopic (exact) mass is 846 g/mol. The molecule has 0 bridgehead atoms. The molecular weight excluding hydrogens is 763 g/mol. The average Bonchev–Trinajstić information content (AvgIpc) is 3.07. The molecule has 12 nitrogen and oxygen atoms in total. The highest BCUT2D eigenvalue weighted by Crippen LogP contribution is 2.41. The van der Waals surface area contributed by atoms with Crippen molar-refractivity contribution in [3.8, 4) is 0 Å². The summed E-state index contributed by atoms with van der Waals surface area (Å²) in [5.41, 5.74) is -1.52. The zero-order chi connectivity index (χ0) is 45.9. The minimum atomic E-state index is -1.04. The molecule has 0 saturated carbocycles. The molecule has 0 atom stereocenters. The molecule has 0 unspecified atom stereocenters. The Balaban J connectivity index is 1.74. The number of ether oxygens (including phenoxy) is 6. The van der Waals surface area contributed by atoms with Gasteiger partial charge >= 0.3 is 17.9 Å². The first-order chi connectivity index (χ1) is 27.2. The molecular formula is C48H83N3O9. The number of rotatable bonds is 16. The molecule has 0 aromatic rings. The predicted octanol–water partition coefficient (Wildman–Crippen LogP) is 8.73. The normalized spacial score (nSPS) is 24.4. The van der Waals surface area contributed by atoms with Crippen molar-refractivity contribution >= 4 is 17.9 Å². The maximum atomic E-state index is 13.3. The molecule has 12 heteroatoms. The minimum absolute atomic E-state index is 0.0698. The third-order valence-electron chi connectivity index (χ3n) is 14.1. The van der Waals surface area contributed by atoms with Gasteiger partial charge in [0.05, 0.1) is 23.6 Å². The van der Waals surface area contributed by atoms with Gasteiger partial charge in [0.1, 0.15) is 55.4 Å². The molecule has 0 aliphatic carbocycles. The number of hydrogen-bond acceptors (Lipinski definition) is 12. The van der Waals surface area contributed by atoms with Gasteiger partial charge in [-0.05, 0) is 131 Å². The van der Waals surface area contributed by atoms with Crippen molar-refractivity contribution in [2.45, 2.75) is 207 Å². The van der Waals surface area contributed by atoms with E-state index < -0.39 is 23.3 Å². The lowest BCUT2D eigenvalue weighted by atomic mass is 9.78. The summed E-state index contributed by atoms with van der Waals surface area (Å²) in [4.78, 5) is 46.9. The summed E-state index contributed by atoms with van der Waals surface area (Å²) in [7, 11) is 6.41. The van der Waals surface area contributed by atoms with Gasteiger partial charge in [-0.2, -0.15) is 0 Å². The van der Waals surface area contributed by atoms with E-state index in [4.69, 9.17) is 28.4 Å². The molecule has 0 aromatic heterocycles. The van der Waals surface area contributed by atoms with Crippen LogP contribution in [0.5, 0.6) is 0 Å². The standard InChI is InChI=1S/C48H83N3O9/c1-20-48(30-55-39(52)21-33(2)58-36-24-42(5,6)49(17)43(7,8)25-36,31-56-40(53)22-34(3)59-37-26-44(9,10)50(18)45(11,12)27-37)32-57-41(54)23-35(4)60-38-28-46(13,14)51(19)47(15,16)29-38/h21-23,36-38H,20,24-32H2,1-19H3/b33-21-,34-22-,35-23-. The van der Waals surface area contributed by atoms with E-state index in [1.807, 2.05) is 6.92 Å². The fraction of sp³-hybridized carbons (Fsp3) is 0.812. The maximum absolute atomic E-state index is 13.3. The fourth-order valence-electron chi connectivity index (χ4n) is 9.71. The van der Waals surface area contributed by atoms with Crippen LogP contribution in [0.25, 0.3) is 0 Å². The van der Waals surface area contributed by atoms with Gasteiger partial charge < -0.3 is 28.4 Å². The smallest absolute Gasteiger partial charge is 0.334 e. The number of esters is 3. The lowest BCUT2D eigenvalue weighted by Gasteiger charge is -2.53. The van der Waals surface area contributed by atoms with Gasteiger partial charge in [-0.25, -0.2) is 14.4 Å². The van der Waals surface area contributed by atoms with Crippen LogP contribution in [0, 0.1) is 5.41 Å². The summed E-state index contributed by atoms with van der Waals surface area (Å²) in [6.07, 6.45) is 9.06. The van der Waals surface area contributed by atoms with Crippen LogP contribution in [0.1, 0.15) is 156 Å². The van der Waals surface area contributed by atoms with Crippen LogP contribution in [-0.4, -0.2) is 125 Å². The van der Waals surface area contributed by atoms with Gasteiger partial charge in [-0.15, -0.1) is 0 Å². The van der Waals surface area contributed by atoms with E-state index in [0.29, 0.717) is 23.7 Å². The number of nitrogens with zero attached hydrogens (tertiary/aromatic N) is 3. The number of carbonyl (C=O) groups excluding carboxylic acids is 3. The second kappa shape index (κ2) is 19.1. The van der Waals surface area contributed by atoms with Gasteiger partial charge in [0, 0.05) is 71.8 Å². The molecule has 0 radical (unpaired) electrons. The Kier molecular flexibility index (Phi) is 16.3. The van der Waals surface area contributed by atoms with E-state index in [0.717, 1.165) is 38.5 Å². The Morgan fingerprint density at radius 3 is 0.850 bits per heavy atom. The van der Waals surface area contributed by atoms with E-state index in [2.05, 4.69) is 119 Å². The van der Waals surface area contributed by atoms with Crippen LogP contribution in [0.2, 0.25) is 0 Å². The van der Waals surface area contributed by atoms with Crippen molar-refractivity contribution in [1.82, 2.24) is 14.7 Å². The average molecular weight is 846 g/mol. The van der Waals surface area contributed by atoms with Gasteiger partial charge in [0.15, 0.2) is 0 Å². The summed E-state index contributed by atoms with van der Waals surface area (Å²) in [5.74, 6) is -0.442. The fourth-order valence-corrected chi connectivity index (χ4v) is 9.71. The van der Waals surface area contributed by atoms with Crippen molar-refractivity contribution in [3.63, 3.8) is 0 Å². The molecule has 0 aromatic carbocycles. The van der Waals surface area contributed by atoms with E-state index in [-0.39, 0.29) is 71.4 Å². The minimum Gasteiger partial charge on any atom is -0.495 e. The van der Waals surface area contributed by atoms with Crippen LogP contribution >= 0.6 is 0 Å². The van der Waals surface area contributed by atoms with E-state index in [9.17, 15) is 14.4 Å². The zero-order valence-corrected chi connectivity index (χ0v) is 41.1. The van der Waals surface area contributed by atoms with Crippen molar-refractivity contribution in [2.24, 2.45) is 5.41 Å². The zero-order valence-electron chi connectivity index (χ0n) is 41.1. The van der Waals surface area contributed by atoms with Crippen molar-refractivity contribution in [1.29, 1.82) is 0 Å². The van der Waals surface area contributed by atoms with Gasteiger partial charge in [-0.1, -0.05) is 6.92 Å². The quantitative estimate of drug-likeness (QED) is 0.0641. The maximum Gasteiger partial charge on any atom is 0.334 e. The van der Waals surface area contributed by atoms with Crippen molar-refractivity contribution in [3.05, 3.63) is 35.5 Å². The number of carbonyl (C=O) groups is 3. The summed E-state index contributed by atoms with van der Waals surface area (Å²) in [6.45, 7) is 33.0. The molecule has 3 aliphatic rings. The highest BCUT2D eigenvalue weighted by atomic mass is 16.6. The van der Waals surface area contributed by atoms with E-state index >= 15 is 0 Å². The number of likely N-dealkylation sites (tertiary alicyclic amines) is 3. The van der Waals surface area contributed by atoms with Gasteiger partial charge in [0.2, 0.25) is 0 Å². The topological polar surface area (TPSA) is 116 Å². The molecule has 0 amide bonds. The molecule has 3 rings (SSSR count). The lowest BCUT2D eigenvalue weighted by molar-refractivity contribution is -0.156. The first-order valence-electron chi connectivity index (χ1n) is 22.0. The van der Waals surface area contributed by atoms with Crippen molar-refractivity contribution in [2.75, 3.05) is 41.0 Å². The second-order valence-corrected chi connectivity index (χ2v) is 21.9. The van der Waals surface area contributed by atoms with Crippen LogP contribution in [0.4, 0.5) is 0 Å². The van der Waals surface area contributed by atoms with Crippen LogP contribution in [0.15, 0.2) is 35.5 Å². The van der Waals surface area contributed by atoms with Crippen LogP contribution in [0.3, 0.4) is 0 Å². The third-order valence-corrected chi connectivity index (χ3v) is 14.1. The summed E-state index contributed by atoms with van der Waals surface area (Å²) in [5, 5.41) is 0. The van der Waals surface area contributed by atoms with Crippen LogP contribution in [-0.2, 0) is 42.8 Å². The first-order valence-corrected chi connectivity index (χ1v) is 22.0. The molecule has 3 saturated heterocycles. The molecule has 3 heterocycles. The Hall–Kier alpha value is -3.09. The van der Waals surface area contributed by atoms with Gasteiger partial charge in [-0.3, -0.25) is 14.7 Å². The Morgan fingerprint density at radius 1 is 0.467 bits per heavy atom. The second-order valence-electron chi connectivity index (χ2n) is 21.9. The molecule has 60 heavy (non-hydrogen) atoms. The molecule has 0 N–H and O–H groups in total. The molecule has 3 fully saturated rings. The lowest BCUT2D eigenvalue weighted by Crippen LogP contribution is -2.60. The molecule has 3 aliphatic heterocycles. The SMILES string of the molecule is CCC(COC(=O)/C=C(/C)OC1CC(C)(C)N(C)C(C)(C)C1)(COC(=O)/C=C(/C)OC1CC(C)(C)N(C)C(C)(C)C1)COC(=O)/C=C(/C)OC1CC(C)(C)N(C)C(C)(C)C1. The summed E-state index contributed by atoms with van der Waals surface area (Å²) >= 11 is 0. The number of allylic oxidation sites excluding steroid dienone is 3. The Labute approximate surface area is 363 Å². The van der Waals surface area contributed by atoms with E-state index in [1.165, 1.54) is 18.2 Å². The Bertz CT molecular complexity index is 1380. The molecule has 344 valence electrons. The summed E-state index contributed by atoms with van der Waals surface area (Å²) < 4.78 is 36.3. The van der Waals surface area contributed by atoms with Gasteiger partial charge in [0.25, 0.3) is 0 Å². The predicted molar refractivity (Wildman–Crippen MR) is 237 cm³/mol. The van der Waals surface area contributed by atoms with Crippen LogP contribution < -0.4 is 0 Å². The largest absolute Gasteiger partial charge is 0.495 e. The van der Waals surface area contributed by atoms with Crippen molar-refractivity contribution < 1.29 is 42.8 Å². The molecule has 0 spiro atoms. The van der Waals surface area contributed by atoms with E-state index in [1.54, 1.807) is 20.8 Å². The first kappa shape index (κ1) is 51.3. The highest BCUT2D eigenvalue weighted by molar-refractivity contribution is 5.83. The summed E-state index contributed by atoms with van der Waals surface area (Å²) in [6, 6.07) is 0. The Morgan fingerprint density at radius 2 is 0.667 bits per heavy atom. The highest BCUT2D eigenvalue weighted by Gasteiger charge is 2.46. The number of hydrogen-bond donors (Lipinski definition) is 0. The third kappa shape index (κ3) is 13.7. The number of piperidine rings is 3.